The Kier molecular flexibility index (Phi) is 6.04. The Hall–Kier alpha value is -4.26. The first-order chi connectivity index (χ1) is 15.9. The molecule has 0 bridgehead atoms. The Labute approximate surface area is 190 Å². The fourth-order valence-corrected chi connectivity index (χ4v) is 3.56. The number of rotatable bonds is 7. The molecule has 168 valence electrons. The number of benzene rings is 3. The normalized spacial score (nSPS) is 10.7. The second kappa shape index (κ2) is 9.08. The summed E-state index contributed by atoms with van der Waals surface area (Å²) in [4.78, 5) is 25.8. The van der Waals surface area contributed by atoms with Gasteiger partial charge < -0.3 is 23.9 Å². The number of carbonyl (C=O) groups excluding carboxylic acids is 2. The van der Waals surface area contributed by atoms with Gasteiger partial charge in [0.15, 0.2) is 5.76 Å². The van der Waals surface area contributed by atoms with Crippen LogP contribution in [0.15, 0.2) is 65.1 Å². The molecule has 0 saturated heterocycles. The van der Waals surface area contributed by atoms with Gasteiger partial charge in [0.25, 0.3) is 5.91 Å². The Bertz CT molecular complexity index is 1330. The summed E-state index contributed by atoms with van der Waals surface area (Å²) in [6.07, 6.45) is 0. The van der Waals surface area contributed by atoms with E-state index in [-0.39, 0.29) is 17.5 Å². The largest absolute Gasteiger partial charge is 0.497 e. The molecule has 1 heterocycles. The lowest BCUT2D eigenvalue weighted by molar-refractivity contribution is 0.101. The molecule has 0 saturated carbocycles. The zero-order chi connectivity index (χ0) is 23.5. The first-order valence-electron chi connectivity index (χ1n) is 10.2. The monoisotopic (exact) mass is 445 g/mol. The number of fused-ring (bicyclic) bond motifs is 1. The Balaban J connectivity index is 1.63. The minimum Gasteiger partial charge on any atom is -0.497 e. The number of anilines is 1. The van der Waals surface area contributed by atoms with Crippen molar-refractivity contribution in [2.75, 3.05) is 26.6 Å². The van der Waals surface area contributed by atoms with E-state index in [1.165, 1.54) is 14.2 Å². The van der Waals surface area contributed by atoms with Crippen molar-refractivity contribution >= 4 is 28.3 Å². The standard InChI is InChI=1S/C26H23NO6/c1-15-22-9-8-18(27-26(29)17-11-20(31-3)14-21(12-17)32-4)13-23(22)33-25(15)24(28)16-6-5-7-19(10-16)30-2/h5-14H,1-4H3,(H,27,29). The molecule has 7 heteroatoms. The highest BCUT2D eigenvalue weighted by Crippen LogP contribution is 2.30. The maximum atomic E-state index is 13.0. The average molecular weight is 445 g/mol. The SMILES string of the molecule is COc1cc(OC)cc(C(=O)Nc2ccc3c(C)c(C(=O)c4cccc(OC)c4)oc3c2)c1. The second-order valence-corrected chi connectivity index (χ2v) is 7.38. The van der Waals surface area contributed by atoms with Gasteiger partial charge >= 0.3 is 0 Å². The fraction of sp³-hybridized carbons (Fsp3) is 0.154. The van der Waals surface area contributed by atoms with E-state index in [4.69, 9.17) is 18.6 Å². The molecule has 0 radical (unpaired) electrons. The summed E-state index contributed by atoms with van der Waals surface area (Å²) in [6.45, 7) is 1.83. The highest BCUT2D eigenvalue weighted by Gasteiger charge is 2.20. The van der Waals surface area contributed by atoms with Crippen molar-refractivity contribution in [3.05, 3.63) is 83.1 Å². The van der Waals surface area contributed by atoms with E-state index in [0.717, 1.165) is 10.9 Å². The number of amides is 1. The van der Waals surface area contributed by atoms with Gasteiger partial charge in [0.05, 0.1) is 21.3 Å². The topological polar surface area (TPSA) is 87.0 Å². The Morgan fingerprint density at radius 1 is 0.788 bits per heavy atom. The summed E-state index contributed by atoms with van der Waals surface area (Å²) in [7, 11) is 4.59. The number of ketones is 1. The van der Waals surface area contributed by atoms with Crippen LogP contribution in [0.25, 0.3) is 11.0 Å². The van der Waals surface area contributed by atoms with Gasteiger partial charge in [-0.3, -0.25) is 9.59 Å². The van der Waals surface area contributed by atoms with E-state index in [1.807, 2.05) is 13.0 Å². The third-order valence-electron chi connectivity index (χ3n) is 5.35. The molecule has 33 heavy (non-hydrogen) atoms. The van der Waals surface area contributed by atoms with Gasteiger partial charge in [-0.1, -0.05) is 12.1 Å². The van der Waals surface area contributed by atoms with E-state index in [0.29, 0.717) is 39.6 Å². The molecular formula is C26H23NO6. The van der Waals surface area contributed by atoms with Crippen molar-refractivity contribution in [2.45, 2.75) is 6.92 Å². The van der Waals surface area contributed by atoms with Gasteiger partial charge in [0.2, 0.25) is 5.78 Å². The lowest BCUT2D eigenvalue weighted by Gasteiger charge is -2.09. The van der Waals surface area contributed by atoms with Crippen molar-refractivity contribution in [3.63, 3.8) is 0 Å². The second-order valence-electron chi connectivity index (χ2n) is 7.38. The van der Waals surface area contributed by atoms with Crippen molar-refractivity contribution in [1.82, 2.24) is 0 Å². The van der Waals surface area contributed by atoms with Gasteiger partial charge in [-0.15, -0.1) is 0 Å². The summed E-state index contributed by atoms with van der Waals surface area (Å²) >= 11 is 0. The molecule has 1 aromatic heterocycles. The minimum absolute atomic E-state index is 0.239. The van der Waals surface area contributed by atoms with Crippen molar-refractivity contribution in [2.24, 2.45) is 0 Å². The number of methoxy groups -OCH3 is 3. The molecule has 4 rings (SSSR count). The van der Waals surface area contributed by atoms with Crippen LogP contribution in [0, 0.1) is 6.92 Å². The maximum absolute atomic E-state index is 13.0. The van der Waals surface area contributed by atoms with Crippen LogP contribution in [0.2, 0.25) is 0 Å². The third-order valence-corrected chi connectivity index (χ3v) is 5.35. The van der Waals surface area contributed by atoms with Crippen molar-refractivity contribution in [3.8, 4) is 17.2 Å². The molecule has 0 unspecified atom stereocenters. The lowest BCUT2D eigenvalue weighted by Crippen LogP contribution is -2.12. The highest BCUT2D eigenvalue weighted by molar-refractivity contribution is 6.11. The van der Waals surface area contributed by atoms with E-state index >= 15 is 0 Å². The molecule has 0 aliphatic carbocycles. The predicted octanol–water partition coefficient (Wildman–Crippen LogP) is 5.25. The number of carbonyl (C=O) groups is 2. The van der Waals surface area contributed by atoms with Crippen LogP contribution in [0.1, 0.15) is 32.0 Å². The molecule has 3 aromatic carbocycles. The van der Waals surface area contributed by atoms with Gasteiger partial charge in [0, 0.05) is 39.9 Å². The molecule has 0 atom stereocenters. The number of ether oxygens (including phenoxy) is 3. The first-order valence-corrected chi connectivity index (χ1v) is 10.2. The average Bonchev–Trinajstić information content (AvgIpc) is 3.18. The van der Waals surface area contributed by atoms with E-state index in [2.05, 4.69) is 5.32 Å². The van der Waals surface area contributed by atoms with Gasteiger partial charge in [-0.25, -0.2) is 0 Å². The van der Waals surface area contributed by atoms with Gasteiger partial charge in [0.1, 0.15) is 22.8 Å². The number of hydrogen-bond donors (Lipinski definition) is 1. The van der Waals surface area contributed by atoms with Crippen molar-refractivity contribution in [1.29, 1.82) is 0 Å². The Morgan fingerprint density at radius 2 is 1.45 bits per heavy atom. The highest BCUT2D eigenvalue weighted by atomic mass is 16.5. The molecule has 1 amide bonds. The van der Waals surface area contributed by atoms with Crippen LogP contribution < -0.4 is 19.5 Å². The zero-order valence-electron chi connectivity index (χ0n) is 18.7. The maximum Gasteiger partial charge on any atom is 0.255 e. The third kappa shape index (κ3) is 4.39. The van der Waals surface area contributed by atoms with Crippen LogP contribution in [0.5, 0.6) is 17.2 Å². The molecule has 0 aliphatic rings. The van der Waals surface area contributed by atoms with Gasteiger partial charge in [-0.05, 0) is 43.3 Å². The summed E-state index contributed by atoms with van der Waals surface area (Å²) in [5.41, 5.74) is 2.62. The van der Waals surface area contributed by atoms with Crippen LogP contribution in [-0.4, -0.2) is 33.0 Å². The van der Waals surface area contributed by atoms with E-state index in [1.54, 1.807) is 61.7 Å². The van der Waals surface area contributed by atoms with Crippen LogP contribution in [-0.2, 0) is 0 Å². The predicted molar refractivity (Wildman–Crippen MR) is 125 cm³/mol. The summed E-state index contributed by atoms with van der Waals surface area (Å²) in [6, 6.07) is 17.1. The smallest absolute Gasteiger partial charge is 0.255 e. The van der Waals surface area contributed by atoms with Crippen molar-refractivity contribution < 1.29 is 28.2 Å². The quantitative estimate of drug-likeness (QED) is 0.391. The molecule has 0 fully saturated rings. The zero-order valence-corrected chi connectivity index (χ0v) is 18.7. The first kappa shape index (κ1) is 22.0. The molecule has 0 aliphatic heterocycles. The molecule has 1 N–H and O–H groups in total. The molecule has 0 spiro atoms. The lowest BCUT2D eigenvalue weighted by atomic mass is 10.0. The summed E-state index contributed by atoms with van der Waals surface area (Å²) < 4.78 is 21.6. The number of furan rings is 1. The van der Waals surface area contributed by atoms with E-state index in [9.17, 15) is 9.59 Å². The molecular weight excluding hydrogens is 422 g/mol. The van der Waals surface area contributed by atoms with E-state index < -0.39 is 0 Å². The summed E-state index contributed by atoms with van der Waals surface area (Å²) in [5.74, 6) is 1.29. The Morgan fingerprint density at radius 3 is 2.12 bits per heavy atom. The number of hydrogen-bond acceptors (Lipinski definition) is 6. The fourth-order valence-electron chi connectivity index (χ4n) is 3.56. The molecule has 4 aromatic rings. The summed E-state index contributed by atoms with van der Waals surface area (Å²) in [5, 5.41) is 3.64. The number of nitrogens with one attached hydrogen (secondary N) is 1. The van der Waals surface area contributed by atoms with Crippen LogP contribution in [0.3, 0.4) is 0 Å². The molecule has 7 nitrogen and oxygen atoms in total. The van der Waals surface area contributed by atoms with Gasteiger partial charge in [-0.2, -0.15) is 0 Å². The van der Waals surface area contributed by atoms with Crippen LogP contribution in [0.4, 0.5) is 5.69 Å². The van der Waals surface area contributed by atoms with Crippen LogP contribution >= 0.6 is 0 Å². The minimum atomic E-state index is -0.331. The number of aryl methyl sites for hydroxylation is 1.